The molecule has 1 aliphatic carbocycles. The van der Waals surface area contributed by atoms with Gasteiger partial charge in [-0.2, -0.15) is 5.10 Å². The molecule has 4 atom stereocenters. The Kier molecular flexibility index (Phi) is 4.61. The summed E-state index contributed by atoms with van der Waals surface area (Å²) in [6.07, 6.45) is 6.46. The van der Waals surface area contributed by atoms with E-state index < -0.39 is 0 Å². The minimum atomic E-state index is 0.261. The number of hydrogen-bond acceptors (Lipinski definition) is 3. The van der Waals surface area contributed by atoms with Crippen LogP contribution in [0.5, 0.6) is 0 Å². The number of aromatic nitrogens is 2. The van der Waals surface area contributed by atoms with Crippen LogP contribution in [0.4, 0.5) is 0 Å². The van der Waals surface area contributed by atoms with Gasteiger partial charge in [0.15, 0.2) is 0 Å². The van der Waals surface area contributed by atoms with Crippen LogP contribution >= 0.6 is 11.6 Å². The molecule has 2 aliphatic rings. The highest BCUT2D eigenvalue weighted by Gasteiger charge is 2.43. The maximum Gasteiger partial charge on any atom is 0.0798 e. The predicted molar refractivity (Wildman–Crippen MR) is 95.0 cm³/mol. The van der Waals surface area contributed by atoms with Crippen LogP contribution in [0.15, 0.2) is 42.7 Å². The molecule has 0 bridgehead atoms. The lowest BCUT2D eigenvalue weighted by Crippen LogP contribution is -2.37. The molecule has 1 aliphatic heterocycles. The van der Waals surface area contributed by atoms with Gasteiger partial charge in [0.05, 0.1) is 12.1 Å². The van der Waals surface area contributed by atoms with E-state index in [0.29, 0.717) is 6.04 Å². The highest BCUT2D eigenvalue weighted by molar-refractivity contribution is 6.30. The van der Waals surface area contributed by atoms with E-state index in [9.17, 15) is 0 Å². The standard InChI is InChI=1S/C19H24ClN3O/c1-24-19-10-16-13-22(11-14-4-2-5-17(20)8-14)12-15(16)9-18(19)23-7-3-6-21-23/h2-8,15-16,18-19H,9-13H2,1H3/t15-,16+,18-,19-/m0/s1. The van der Waals surface area contributed by atoms with Crippen LogP contribution in [0, 0.1) is 11.8 Å². The van der Waals surface area contributed by atoms with E-state index in [2.05, 4.69) is 33.0 Å². The molecule has 128 valence electrons. The van der Waals surface area contributed by atoms with Gasteiger partial charge in [-0.15, -0.1) is 0 Å². The summed E-state index contributed by atoms with van der Waals surface area (Å²) < 4.78 is 7.90. The van der Waals surface area contributed by atoms with E-state index >= 15 is 0 Å². The quantitative estimate of drug-likeness (QED) is 0.847. The molecule has 2 heterocycles. The van der Waals surface area contributed by atoms with E-state index in [1.54, 1.807) is 0 Å². The van der Waals surface area contributed by atoms with E-state index in [1.165, 1.54) is 5.56 Å². The summed E-state index contributed by atoms with van der Waals surface area (Å²) in [7, 11) is 1.83. The smallest absolute Gasteiger partial charge is 0.0798 e. The minimum absolute atomic E-state index is 0.261. The first-order chi connectivity index (χ1) is 11.7. The third-order valence-corrected chi connectivity index (χ3v) is 5.86. The molecule has 0 unspecified atom stereocenters. The van der Waals surface area contributed by atoms with Gasteiger partial charge in [-0.05, 0) is 48.4 Å². The number of benzene rings is 1. The molecule has 0 radical (unpaired) electrons. The Morgan fingerprint density at radius 3 is 2.75 bits per heavy atom. The lowest BCUT2D eigenvalue weighted by Gasteiger charge is -2.37. The summed E-state index contributed by atoms with van der Waals surface area (Å²) >= 11 is 6.12. The van der Waals surface area contributed by atoms with Gasteiger partial charge in [0.2, 0.25) is 0 Å². The van der Waals surface area contributed by atoms with E-state index in [-0.39, 0.29) is 6.10 Å². The topological polar surface area (TPSA) is 30.3 Å². The van der Waals surface area contributed by atoms with Crippen molar-refractivity contribution in [1.82, 2.24) is 14.7 Å². The van der Waals surface area contributed by atoms with Crippen LogP contribution in [0.3, 0.4) is 0 Å². The maximum absolute atomic E-state index is 6.12. The number of nitrogens with zero attached hydrogens (tertiary/aromatic N) is 3. The average Bonchev–Trinajstić information content (AvgIpc) is 3.22. The second-order valence-corrected chi connectivity index (χ2v) is 7.58. The molecule has 4 rings (SSSR count). The van der Waals surface area contributed by atoms with Crippen molar-refractivity contribution in [2.24, 2.45) is 11.8 Å². The highest BCUT2D eigenvalue weighted by atomic mass is 35.5. The van der Waals surface area contributed by atoms with E-state index in [4.69, 9.17) is 16.3 Å². The fourth-order valence-electron chi connectivity index (χ4n) is 4.52. The molecule has 5 heteroatoms. The first-order valence-electron chi connectivity index (χ1n) is 8.71. The number of fused-ring (bicyclic) bond motifs is 1. The lowest BCUT2D eigenvalue weighted by atomic mass is 9.77. The number of methoxy groups -OCH3 is 1. The molecule has 1 saturated heterocycles. The second kappa shape index (κ2) is 6.87. The molecule has 2 aromatic rings. The third-order valence-electron chi connectivity index (χ3n) is 5.62. The Hall–Kier alpha value is -1.36. The number of hydrogen-bond donors (Lipinski definition) is 0. The maximum atomic E-state index is 6.12. The molecule has 24 heavy (non-hydrogen) atoms. The Morgan fingerprint density at radius 2 is 2.04 bits per heavy atom. The van der Waals surface area contributed by atoms with Crippen molar-refractivity contribution in [3.8, 4) is 0 Å². The molecule has 0 amide bonds. The molecule has 1 aromatic carbocycles. The van der Waals surface area contributed by atoms with Gasteiger partial charge in [0.25, 0.3) is 0 Å². The van der Waals surface area contributed by atoms with Crippen LogP contribution in [0.2, 0.25) is 5.02 Å². The number of likely N-dealkylation sites (tertiary alicyclic amines) is 1. The Bertz CT molecular complexity index is 675. The van der Waals surface area contributed by atoms with Crippen LogP contribution in [-0.4, -0.2) is 41.0 Å². The summed E-state index contributed by atoms with van der Waals surface area (Å²) in [6, 6.07) is 10.6. The molecule has 4 nitrogen and oxygen atoms in total. The van der Waals surface area contributed by atoms with Crippen molar-refractivity contribution in [3.63, 3.8) is 0 Å². The fraction of sp³-hybridized carbons (Fsp3) is 0.526. The third kappa shape index (κ3) is 3.23. The molecular weight excluding hydrogens is 322 g/mol. The molecule has 0 spiro atoms. The van der Waals surface area contributed by atoms with Crippen molar-refractivity contribution < 1.29 is 4.74 Å². The largest absolute Gasteiger partial charge is 0.379 e. The Morgan fingerprint density at radius 1 is 1.21 bits per heavy atom. The minimum Gasteiger partial charge on any atom is -0.379 e. The molecule has 1 aromatic heterocycles. The number of ether oxygens (including phenoxy) is 1. The summed E-state index contributed by atoms with van der Waals surface area (Å²) in [5, 5.41) is 5.28. The first-order valence-corrected chi connectivity index (χ1v) is 9.09. The van der Waals surface area contributed by atoms with Crippen LogP contribution < -0.4 is 0 Å². The molecule has 1 saturated carbocycles. The number of rotatable bonds is 4. The monoisotopic (exact) mass is 345 g/mol. The summed E-state index contributed by atoms with van der Waals surface area (Å²) in [5.41, 5.74) is 1.30. The highest BCUT2D eigenvalue weighted by Crippen LogP contribution is 2.42. The average molecular weight is 346 g/mol. The summed E-state index contributed by atoms with van der Waals surface area (Å²) in [6.45, 7) is 3.30. The number of halogens is 1. The van der Waals surface area contributed by atoms with Crippen molar-refractivity contribution in [2.45, 2.75) is 31.5 Å². The molecule has 0 N–H and O–H groups in total. The fourth-order valence-corrected chi connectivity index (χ4v) is 4.73. The SMILES string of the molecule is CO[C@H]1C[C@@H]2CN(Cc3cccc(Cl)c3)C[C@@H]2C[C@@H]1n1cccn1. The van der Waals surface area contributed by atoms with Gasteiger partial charge >= 0.3 is 0 Å². The van der Waals surface area contributed by atoms with Gasteiger partial charge < -0.3 is 4.74 Å². The molecule has 2 fully saturated rings. The summed E-state index contributed by atoms with van der Waals surface area (Å²) in [4.78, 5) is 2.57. The zero-order valence-electron chi connectivity index (χ0n) is 14.0. The van der Waals surface area contributed by atoms with Gasteiger partial charge in [0.1, 0.15) is 0 Å². The molecular formula is C19H24ClN3O. The first kappa shape index (κ1) is 16.1. The van der Waals surface area contributed by atoms with Gasteiger partial charge in [-0.25, -0.2) is 0 Å². The van der Waals surface area contributed by atoms with E-state index in [1.807, 2.05) is 31.5 Å². The lowest BCUT2D eigenvalue weighted by molar-refractivity contribution is -0.00486. The summed E-state index contributed by atoms with van der Waals surface area (Å²) in [5.74, 6) is 1.45. The van der Waals surface area contributed by atoms with Crippen LogP contribution in [0.25, 0.3) is 0 Å². The zero-order valence-corrected chi connectivity index (χ0v) is 14.8. The normalized spacial score (nSPS) is 30.4. The van der Waals surface area contributed by atoms with Crippen molar-refractivity contribution >= 4 is 11.6 Å². The zero-order chi connectivity index (χ0) is 16.5. The van der Waals surface area contributed by atoms with Crippen molar-refractivity contribution in [1.29, 1.82) is 0 Å². The van der Waals surface area contributed by atoms with E-state index in [0.717, 1.165) is 49.3 Å². The van der Waals surface area contributed by atoms with Crippen molar-refractivity contribution in [3.05, 3.63) is 53.3 Å². The van der Waals surface area contributed by atoms with Gasteiger partial charge in [-0.1, -0.05) is 23.7 Å². The predicted octanol–water partition coefficient (Wildman–Crippen LogP) is 3.63. The van der Waals surface area contributed by atoms with Gasteiger partial charge in [-0.3, -0.25) is 9.58 Å². The Balaban J connectivity index is 1.45. The van der Waals surface area contributed by atoms with Gasteiger partial charge in [0, 0.05) is 44.2 Å². The Labute approximate surface area is 148 Å². The van der Waals surface area contributed by atoms with Crippen molar-refractivity contribution in [2.75, 3.05) is 20.2 Å². The van der Waals surface area contributed by atoms with Crippen LogP contribution in [-0.2, 0) is 11.3 Å². The van der Waals surface area contributed by atoms with Crippen LogP contribution in [0.1, 0.15) is 24.4 Å². The second-order valence-electron chi connectivity index (χ2n) is 7.14.